The third-order valence-corrected chi connectivity index (χ3v) is 5.00. The van der Waals surface area contributed by atoms with E-state index in [4.69, 9.17) is 0 Å². The van der Waals surface area contributed by atoms with Crippen LogP contribution in [-0.4, -0.2) is 5.11 Å². The van der Waals surface area contributed by atoms with Gasteiger partial charge in [-0.3, -0.25) is 0 Å². The SMILES string of the molecule is Cc1cc(Br)c(NC2CCc3c(O)cccc32)c(Br)c1. The molecule has 1 atom stereocenters. The van der Waals surface area contributed by atoms with Crippen molar-refractivity contribution in [3.05, 3.63) is 56.0 Å². The molecule has 3 rings (SSSR count). The van der Waals surface area contributed by atoms with Gasteiger partial charge in [-0.2, -0.15) is 0 Å². The molecule has 0 saturated heterocycles. The first-order chi connectivity index (χ1) is 9.56. The average molecular weight is 397 g/mol. The van der Waals surface area contributed by atoms with Crippen molar-refractivity contribution < 1.29 is 5.11 Å². The number of hydrogen-bond donors (Lipinski definition) is 2. The van der Waals surface area contributed by atoms with E-state index < -0.39 is 0 Å². The molecule has 1 aliphatic carbocycles. The van der Waals surface area contributed by atoms with Crippen LogP contribution in [0.5, 0.6) is 5.75 Å². The van der Waals surface area contributed by atoms with Gasteiger partial charge < -0.3 is 10.4 Å². The van der Waals surface area contributed by atoms with Gasteiger partial charge in [0.25, 0.3) is 0 Å². The fourth-order valence-electron chi connectivity index (χ4n) is 2.80. The minimum absolute atomic E-state index is 0.243. The van der Waals surface area contributed by atoms with E-state index >= 15 is 0 Å². The van der Waals surface area contributed by atoms with Gasteiger partial charge in [-0.15, -0.1) is 0 Å². The molecule has 0 bridgehead atoms. The van der Waals surface area contributed by atoms with Crippen molar-refractivity contribution in [3.8, 4) is 5.75 Å². The zero-order valence-corrected chi connectivity index (χ0v) is 14.3. The minimum Gasteiger partial charge on any atom is -0.508 e. The summed E-state index contributed by atoms with van der Waals surface area (Å²) in [7, 11) is 0. The second-order valence-corrected chi connectivity index (χ2v) is 6.89. The number of rotatable bonds is 2. The molecule has 0 radical (unpaired) electrons. The molecule has 1 aliphatic rings. The van der Waals surface area contributed by atoms with Crippen LogP contribution >= 0.6 is 31.9 Å². The lowest BCUT2D eigenvalue weighted by atomic mass is 10.1. The molecule has 104 valence electrons. The number of fused-ring (bicyclic) bond motifs is 1. The number of aryl methyl sites for hydroxylation is 1. The lowest BCUT2D eigenvalue weighted by molar-refractivity contribution is 0.469. The smallest absolute Gasteiger partial charge is 0.119 e. The van der Waals surface area contributed by atoms with E-state index in [0.29, 0.717) is 5.75 Å². The average Bonchev–Trinajstić information content (AvgIpc) is 2.78. The molecule has 0 heterocycles. The fraction of sp³-hybridized carbons (Fsp3) is 0.250. The molecule has 1 unspecified atom stereocenters. The maximum atomic E-state index is 9.91. The molecule has 0 fully saturated rings. The second kappa shape index (κ2) is 5.41. The van der Waals surface area contributed by atoms with Crippen LogP contribution in [0.4, 0.5) is 5.69 Å². The fourth-order valence-corrected chi connectivity index (χ4v) is 4.44. The predicted octanol–water partition coefficient (Wildman–Crippen LogP) is 5.33. The van der Waals surface area contributed by atoms with Crippen LogP contribution in [0.3, 0.4) is 0 Å². The van der Waals surface area contributed by atoms with E-state index in [1.54, 1.807) is 6.07 Å². The van der Waals surface area contributed by atoms with Gasteiger partial charge in [0, 0.05) is 8.95 Å². The first-order valence-electron chi connectivity index (χ1n) is 6.59. The first kappa shape index (κ1) is 14.0. The molecule has 0 spiro atoms. The Labute approximate surface area is 135 Å². The lowest BCUT2D eigenvalue weighted by Crippen LogP contribution is -2.08. The van der Waals surface area contributed by atoms with Gasteiger partial charge in [-0.25, -0.2) is 0 Å². The summed E-state index contributed by atoms with van der Waals surface area (Å²) in [6.45, 7) is 2.07. The standard InChI is InChI=1S/C16H15Br2NO/c1-9-7-12(17)16(13(18)8-9)19-14-6-5-11-10(14)3-2-4-15(11)20/h2-4,7-8,14,19-20H,5-6H2,1H3. The van der Waals surface area contributed by atoms with Gasteiger partial charge in [0.2, 0.25) is 0 Å². The van der Waals surface area contributed by atoms with Gasteiger partial charge in [-0.1, -0.05) is 12.1 Å². The third kappa shape index (κ3) is 2.47. The number of phenols is 1. The Kier molecular flexibility index (Phi) is 3.78. The van der Waals surface area contributed by atoms with Crippen molar-refractivity contribution in [3.63, 3.8) is 0 Å². The Hall–Kier alpha value is -1.000. The summed E-state index contributed by atoms with van der Waals surface area (Å²) in [5.41, 5.74) is 4.55. The maximum absolute atomic E-state index is 9.91. The van der Waals surface area contributed by atoms with Gasteiger partial charge in [-0.05, 0) is 86.5 Å². The van der Waals surface area contributed by atoms with Crippen LogP contribution < -0.4 is 5.32 Å². The molecule has 0 aliphatic heterocycles. The molecule has 0 saturated carbocycles. The van der Waals surface area contributed by atoms with Gasteiger partial charge in [0.1, 0.15) is 5.75 Å². The van der Waals surface area contributed by atoms with Crippen molar-refractivity contribution in [1.82, 2.24) is 0 Å². The number of benzene rings is 2. The Bertz CT molecular complexity index is 647. The normalized spacial score (nSPS) is 17.1. The monoisotopic (exact) mass is 395 g/mol. The summed E-state index contributed by atoms with van der Waals surface area (Å²) >= 11 is 7.24. The maximum Gasteiger partial charge on any atom is 0.119 e. The zero-order chi connectivity index (χ0) is 14.3. The largest absolute Gasteiger partial charge is 0.508 e. The molecule has 4 heteroatoms. The summed E-state index contributed by atoms with van der Waals surface area (Å²) in [6.07, 6.45) is 1.92. The molecule has 0 amide bonds. The van der Waals surface area contributed by atoms with E-state index in [1.807, 2.05) is 6.07 Å². The van der Waals surface area contributed by atoms with E-state index in [1.165, 1.54) is 11.1 Å². The van der Waals surface area contributed by atoms with Crippen LogP contribution in [0.2, 0.25) is 0 Å². The van der Waals surface area contributed by atoms with E-state index in [-0.39, 0.29) is 6.04 Å². The minimum atomic E-state index is 0.243. The molecular weight excluding hydrogens is 382 g/mol. The molecule has 2 N–H and O–H groups in total. The van der Waals surface area contributed by atoms with Crippen molar-refractivity contribution in [2.24, 2.45) is 0 Å². The highest BCUT2D eigenvalue weighted by Crippen LogP contribution is 2.41. The highest BCUT2D eigenvalue weighted by Gasteiger charge is 2.25. The number of phenolic OH excluding ortho intramolecular Hbond substituents is 1. The summed E-state index contributed by atoms with van der Waals surface area (Å²) in [5, 5.41) is 13.5. The van der Waals surface area contributed by atoms with Crippen molar-refractivity contribution in [2.45, 2.75) is 25.8 Å². The Morgan fingerprint density at radius 3 is 2.60 bits per heavy atom. The van der Waals surface area contributed by atoms with E-state index in [2.05, 4.69) is 62.3 Å². The Morgan fingerprint density at radius 1 is 1.20 bits per heavy atom. The molecular formula is C16H15Br2NO. The zero-order valence-electron chi connectivity index (χ0n) is 11.1. The van der Waals surface area contributed by atoms with Crippen LogP contribution in [0.25, 0.3) is 0 Å². The van der Waals surface area contributed by atoms with Crippen molar-refractivity contribution in [2.75, 3.05) is 5.32 Å². The molecule has 0 aromatic heterocycles. The Morgan fingerprint density at radius 2 is 1.90 bits per heavy atom. The summed E-state index contributed by atoms with van der Waals surface area (Å²) in [4.78, 5) is 0. The number of halogens is 2. The Balaban J connectivity index is 1.94. The second-order valence-electron chi connectivity index (χ2n) is 5.18. The number of nitrogens with one attached hydrogen (secondary N) is 1. The number of hydrogen-bond acceptors (Lipinski definition) is 2. The molecule has 2 nitrogen and oxygen atoms in total. The van der Waals surface area contributed by atoms with Gasteiger partial charge in [0.15, 0.2) is 0 Å². The predicted molar refractivity (Wildman–Crippen MR) is 89.4 cm³/mol. The summed E-state index contributed by atoms with van der Waals surface area (Å²) in [5.74, 6) is 0.411. The van der Waals surface area contributed by atoms with Crippen LogP contribution in [0.15, 0.2) is 39.3 Å². The quantitative estimate of drug-likeness (QED) is 0.719. The molecule has 2 aromatic carbocycles. The number of aromatic hydroxyl groups is 1. The lowest BCUT2D eigenvalue weighted by Gasteiger charge is -2.18. The molecule has 2 aromatic rings. The highest BCUT2D eigenvalue weighted by molar-refractivity contribution is 9.11. The summed E-state index contributed by atoms with van der Waals surface area (Å²) in [6, 6.07) is 10.2. The summed E-state index contributed by atoms with van der Waals surface area (Å²) < 4.78 is 2.11. The highest BCUT2D eigenvalue weighted by atomic mass is 79.9. The van der Waals surface area contributed by atoms with Crippen LogP contribution in [-0.2, 0) is 6.42 Å². The van der Waals surface area contributed by atoms with Gasteiger partial charge in [0.05, 0.1) is 11.7 Å². The number of anilines is 1. The van der Waals surface area contributed by atoms with Crippen LogP contribution in [0, 0.1) is 6.92 Å². The topological polar surface area (TPSA) is 32.3 Å². The van der Waals surface area contributed by atoms with E-state index in [0.717, 1.165) is 33.0 Å². The van der Waals surface area contributed by atoms with Crippen molar-refractivity contribution >= 4 is 37.5 Å². The molecule has 20 heavy (non-hydrogen) atoms. The third-order valence-electron chi connectivity index (χ3n) is 3.75. The van der Waals surface area contributed by atoms with Crippen LogP contribution in [0.1, 0.15) is 29.2 Å². The first-order valence-corrected chi connectivity index (χ1v) is 8.18. The van der Waals surface area contributed by atoms with Gasteiger partial charge >= 0.3 is 0 Å². The van der Waals surface area contributed by atoms with Crippen molar-refractivity contribution in [1.29, 1.82) is 0 Å². The van der Waals surface area contributed by atoms with E-state index in [9.17, 15) is 5.11 Å².